The summed E-state index contributed by atoms with van der Waals surface area (Å²) in [6.07, 6.45) is 0. The highest BCUT2D eigenvalue weighted by molar-refractivity contribution is 6.26. The van der Waals surface area contributed by atoms with E-state index in [1.165, 1.54) is 0 Å². The number of rotatable bonds is 5. The quantitative estimate of drug-likeness (QED) is 0.540. The van der Waals surface area contributed by atoms with E-state index in [0.717, 1.165) is 6.04 Å². The molecule has 0 fully saturated rings. The normalized spacial score (nSPS) is 14.4. The highest BCUT2D eigenvalue weighted by Gasteiger charge is 2.24. The van der Waals surface area contributed by atoms with Crippen molar-refractivity contribution in [1.82, 2.24) is 0 Å². The molecule has 15 heavy (non-hydrogen) atoms. The fraction of sp³-hybridized carbons (Fsp3) is 1.00. The van der Waals surface area contributed by atoms with E-state index in [1.807, 2.05) is 41.5 Å². The van der Waals surface area contributed by atoms with E-state index in [1.54, 1.807) is 0 Å². The summed E-state index contributed by atoms with van der Waals surface area (Å²) in [6.45, 7) is 13.6. The molecule has 0 saturated heterocycles. The Morgan fingerprint density at radius 2 is 1.33 bits per heavy atom. The zero-order valence-corrected chi connectivity index (χ0v) is 12.6. The van der Waals surface area contributed by atoms with E-state index in [2.05, 4.69) is 6.92 Å². The third-order valence-corrected chi connectivity index (χ3v) is 2.27. The van der Waals surface area contributed by atoms with Crippen molar-refractivity contribution in [2.24, 2.45) is 0 Å². The van der Waals surface area contributed by atoms with E-state index in [9.17, 15) is 0 Å². The Balaban J connectivity index is 4.19. The van der Waals surface area contributed by atoms with Crippen LogP contribution in [0.25, 0.3) is 0 Å². The first kappa shape index (κ1) is 15.1. The Morgan fingerprint density at radius 1 is 0.933 bits per heavy atom. The first-order valence-electron chi connectivity index (χ1n) is 5.61. The lowest BCUT2D eigenvalue weighted by atomic mass is 10.2. The van der Waals surface area contributed by atoms with Gasteiger partial charge in [-0.3, -0.25) is 0 Å². The molecule has 0 aromatic carbocycles. The molecule has 0 aromatic heterocycles. The summed E-state index contributed by atoms with van der Waals surface area (Å²) in [4.78, 5) is 0. The zero-order valence-electron chi connectivity index (χ0n) is 11.2. The maximum atomic E-state index is 5.71. The topological polar surface area (TPSA) is 27.7 Å². The van der Waals surface area contributed by atoms with Crippen molar-refractivity contribution in [3.05, 3.63) is 0 Å². The molecule has 92 valence electrons. The lowest BCUT2D eigenvalue weighted by Crippen LogP contribution is -2.37. The largest absolute Gasteiger partial charge is 0.379 e. The molecule has 0 N–H and O–H groups in total. The highest BCUT2D eigenvalue weighted by atomic mass is 28.2. The minimum absolute atomic E-state index is 0.238. The van der Waals surface area contributed by atoms with Crippen molar-refractivity contribution in [2.75, 3.05) is 0 Å². The first-order chi connectivity index (χ1) is 6.64. The molecule has 0 aromatic rings. The van der Waals surface area contributed by atoms with Gasteiger partial charge in [0.05, 0.1) is 11.2 Å². The van der Waals surface area contributed by atoms with Crippen molar-refractivity contribution in [1.29, 1.82) is 0 Å². The number of ether oxygens (including phenoxy) is 2. The standard InChI is InChI=1S/C11H26O3Si/c1-8-15-14-9(12-10(2,3)4)13-11(5,6)7/h9H,8,15H2,1-7H3. The third kappa shape index (κ3) is 10.4. The second-order valence-electron chi connectivity index (χ2n) is 5.62. The average molecular weight is 234 g/mol. The molecule has 0 heterocycles. The molecular formula is C11H26O3Si. The van der Waals surface area contributed by atoms with E-state index in [4.69, 9.17) is 13.9 Å². The van der Waals surface area contributed by atoms with Crippen LogP contribution in [0.1, 0.15) is 48.5 Å². The fourth-order valence-corrected chi connectivity index (χ4v) is 1.45. The second kappa shape index (κ2) is 5.99. The molecule has 0 aliphatic heterocycles. The van der Waals surface area contributed by atoms with Crippen molar-refractivity contribution in [2.45, 2.75) is 72.2 Å². The van der Waals surface area contributed by atoms with Crippen LogP contribution >= 0.6 is 0 Å². The summed E-state index contributed by atoms with van der Waals surface area (Å²) >= 11 is 0. The molecule has 0 amide bonds. The molecule has 0 atom stereocenters. The lowest BCUT2D eigenvalue weighted by molar-refractivity contribution is -0.314. The minimum atomic E-state index is -0.517. The van der Waals surface area contributed by atoms with Crippen LogP contribution in [0.5, 0.6) is 0 Å². The van der Waals surface area contributed by atoms with Crippen LogP contribution in [0, 0.1) is 0 Å². The summed E-state index contributed by atoms with van der Waals surface area (Å²) in [5.41, 5.74) is -0.476. The smallest absolute Gasteiger partial charge is 0.262 e. The van der Waals surface area contributed by atoms with Gasteiger partial charge in [-0.05, 0) is 47.6 Å². The Morgan fingerprint density at radius 3 is 1.60 bits per heavy atom. The lowest BCUT2D eigenvalue weighted by Gasteiger charge is -2.32. The van der Waals surface area contributed by atoms with E-state index in [-0.39, 0.29) is 11.2 Å². The maximum Gasteiger partial charge on any atom is 0.262 e. The molecular weight excluding hydrogens is 208 g/mol. The maximum absolute atomic E-state index is 5.71. The Labute approximate surface area is 96.4 Å². The van der Waals surface area contributed by atoms with Crippen molar-refractivity contribution in [3.8, 4) is 0 Å². The molecule has 0 radical (unpaired) electrons. The van der Waals surface area contributed by atoms with Gasteiger partial charge in [-0.2, -0.15) is 0 Å². The molecule has 0 saturated carbocycles. The summed E-state index contributed by atoms with van der Waals surface area (Å²) in [5, 5.41) is 0. The van der Waals surface area contributed by atoms with E-state index < -0.39 is 16.2 Å². The molecule has 0 unspecified atom stereocenters. The van der Waals surface area contributed by atoms with Crippen molar-refractivity contribution in [3.63, 3.8) is 0 Å². The van der Waals surface area contributed by atoms with Gasteiger partial charge in [0, 0.05) is 0 Å². The Bertz CT molecular complexity index is 154. The molecule has 0 aliphatic rings. The van der Waals surface area contributed by atoms with Crippen LogP contribution in [-0.4, -0.2) is 27.4 Å². The predicted octanol–water partition coefficient (Wildman–Crippen LogP) is 2.44. The van der Waals surface area contributed by atoms with Crippen molar-refractivity contribution < 1.29 is 13.9 Å². The zero-order chi connectivity index (χ0) is 12.1. The van der Waals surface area contributed by atoms with Gasteiger partial charge in [-0.25, -0.2) is 0 Å². The third-order valence-electron chi connectivity index (χ3n) is 1.36. The van der Waals surface area contributed by atoms with Gasteiger partial charge < -0.3 is 13.9 Å². The Hall–Kier alpha value is 0.0969. The van der Waals surface area contributed by atoms with Gasteiger partial charge >= 0.3 is 0 Å². The van der Waals surface area contributed by atoms with Gasteiger partial charge in [-0.1, -0.05) is 6.92 Å². The van der Waals surface area contributed by atoms with Gasteiger partial charge in [0.2, 0.25) is 0 Å². The molecule has 3 nitrogen and oxygen atoms in total. The number of hydrogen-bond acceptors (Lipinski definition) is 3. The van der Waals surface area contributed by atoms with Gasteiger partial charge in [-0.15, -0.1) is 0 Å². The van der Waals surface area contributed by atoms with Crippen LogP contribution in [0.4, 0.5) is 0 Å². The molecule has 0 aliphatic carbocycles. The summed E-state index contributed by atoms with van der Waals surface area (Å²) in [5.74, 6) is 0. The van der Waals surface area contributed by atoms with Gasteiger partial charge in [0.1, 0.15) is 0 Å². The highest BCUT2D eigenvalue weighted by Crippen LogP contribution is 2.18. The average Bonchev–Trinajstić information content (AvgIpc) is 1.94. The van der Waals surface area contributed by atoms with Crippen LogP contribution < -0.4 is 0 Å². The molecule has 4 heteroatoms. The van der Waals surface area contributed by atoms with Gasteiger partial charge in [0.25, 0.3) is 6.48 Å². The van der Waals surface area contributed by atoms with Crippen LogP contribution in [0.2, 0.25) is 6.04 Å². The molecule has 0 rings (SSSR count). The summed E-state index contributed by atoms with van der Waals surface area (Å²) < 4.78 is 17.1. The fourth-order valence-electron chi connectivity index (χ4n) is 0.884. The Kier molecular flexibility index (Phi) is 6.03. The summed E-state index contributed by atoms with van der Waals surface area (Å²) in [7, 11) is -0.514. The predicted molar refractivity (Wildman–Crippen MR) is 65.6 cm³/mol. The van der Waals surface area contributed by atoms with E-state index in [0.29, 0.717) is 0 Å². The summed E-state index contributed by atoms with van der Waals surface area (Å²) in [6, 6.07) is 1.09. The SMILES string of the molecule is CC[SiH2]OC(OC(C)(C)C)OC(C)(C)C. The second-order valence-corrected chi connectivity index (χ2v) is 7.36. The van der Waals surface area contributed by atoms with Gasteiger partial charge in [0.15, 0.2) is 9.76 Å². The van der Waals surface area contributed by atoms with Crippen LogP contribution in [-0.2, 0) is 13.9 Å². The number of hydrogen-bond donors (Lipinski definition) is 0. The van der Waals surface area contributed by atoms with E-state index >= 15 is 0 Å². The minimum Gasteiger partial charge on any atom is -0.379 e. The molecule has 0 spiro atoms. The van der Waals surface area contributed by atoms with Crippen LogP contribution in [0.15, 0.2) is 0 Å². The van der Waals surface area contributed by atoms with Crippen molar-refractivity contribution >= 4 is 9.76 Å². The first-order valence-corrected chi connectivity index (χ1v) is 7.19. The monoisotopic (exact) mass is 234 g/mol. The molecule has 0 bridgehead atoms. The van der Waals surface area contributed by atoms with Crippen LogP contribution in [0.3, 0.4) is 0 Å².